The summed E-state index contributed by atoms with van der Waals surface area (Å²) in [6.07, 6.45) is 4.43. The van der Waals surface area contributed by atoms with Crippen LogP contribution >= 0.6 is 11.8 Å². The molecule has 0 saturated carbocycles. The third kappa shape index (κ3) is 4.49. The number of fused-ring (bicyclic) bond motifs is 1. The molecule has 0 radical (unpaired) electrons. The highest BCUT2D eigenvalue weighted by atomic mass is 32.2. The number of nitro groups is 1. The molecule has 9 nitrogen and oxygen atoms in total. The van der Waals surface area contributed by atoms with Crippen molar-refractivity contribution in [2.45, 2.75) is 43.5 Å². The van der Waals surface area contributed by atoms with E-state index in [1.54, 1.807) is 30.6 Å². The summed E-state index contributed by atoms with van der Waals surface area (Å²) < 4.78 is 0. The lowest BCUT2D eigenvalue weighted by Gasteiger charge is -2.38. The predicted molar refractivity (Wildman–Crippen MR) is 132 cm³/mol. The Morgan fingerprint density at radius 1 is 1.17 bits per heavy atom. The molecule has 178 valence electrons. The van der Waals surface area contributed by atoms with E-state index in [9.17, 15) is 19.7 Å². The normalized spacial score (nSPS) is 18.5. The van der Waals surface area contributed by atoms with Crippen LogP contribution in [0.25, 0.3) is 0 Å². The number of carbonyl (C=O) groups is 1. The van der Waals surface area contributed by atoms with E-state index in [1.165, 1.54) is 23.9 Å². The highest BCUT2D eigenvalue weighted by molar-refractivity contribution is 7.98. The zero-order chi connectivity index (χ0) is 24.7. The lowest BCUT2D eigenvalue weighted by atomic mass is 9.69. The summed E-state index contributed by atoms with van der Waals surface area (Å²) in [4.78, 5) is 48.8. The van der Waals surface area contributed by atoms with Crippen LogP contribution in [0.2, 0.25) is 0 Å². The largest absolute Gasteiger partial charge is 0.343 e. The van der Waals surface area contributed by atoms with Crippen LogP contribution in [-0.4, -0.2) is 25.7 Å². The van der Waals surface area contributed by atoms with Crippen molar-refractivity contribution in [2.24, 2.45) is 5.41 Å². The Hall–Kier alpha value is -3.79. The third-order valence-corrected chi connectivity index (χ3v) is 7.19. The maximum Gasteiger partial charge on any atom is 0.269 e. The predicted octanol–water partition coefficient (Wildman–Crippen LogP) is 4.57. The Balaban J connectivity index is 1.51. The average Bonchev–Trinajstić information content (AvgIpc) is 2.81. The minimum atomic E-state index is -0.538. The molecule has 1 aliphatic heterocycles. The van der Waals surface area contributed by atoms with E-state index in [0.717, 1.165) is 16.8 Å². The highest BCUT2D eigenvalue weighted by Crippen LogP contribution is 2.47. The van der Waals surface area contributed by atoms with Gasteiger partial charge in [-0.2, -0.15) is 0 Å². The number of aromatic nitrogens is 3. The number of aromatic amines is 1. The summed E-state index contributed by atoms with van der Waals surface area (Å²) in [7, 11) is 0. The molecule has 3 aromatic rings. The molecule has 0 bridgehead atoms. The van der Waals surface area contributed by atoms with Crippen molar-refractivity contribution in [3.05, 3.63) is 97.2 Å². The van der Waals surface area contributed by atoms with Gasteiger partial charge in [-0.25, -0.2) is 4.98 Å². The van der Waals surface area contributed by atoms with Gasteiger partial charge in [0.15, 0.2) is 10.9 Å². The fraction of sp³-hybridized carbons (Fsp3) is 0.280. The minimum Gasteiger partial charge on any atom is -0.343 e. The molecule has 1 aliphatic carbocycles. The second-order valence-electron chi connectivity index (χ2n) is 9.52. The first-order chi connectivity index (χ1) is 16.7. The average molecular weight is 490 g/mol. The molecular weight excluding hydrogens is 466 g/mol. The van der Waals surface area contributed by atoms with E-state index in [-0.39, 0.29) is 22.4 Å². The Morgan fingerprint density at radius 3 is 2.63 bits per heavy atom. The van der Waals surface area contributed by atoms with E-state index in [0.29, 0.717) is 40.7 Å². The van der Waals surface area contributed by atoms with Crippen LogP contribution in [0.15, 0.2) is 70.0 Å². The van der Waals surface area contributed by atoms with Crippen molar-refractivity contribution in [3.8, 4) is 0 Å². The van der Waals surface area contributed by atoms with E-state index >= 15 is 0 Å². The van der Waals surface area contributed by atoms with Gasteiger partial charge >= 0.3 is 0 Å². The zero-order valence-electron chi connectivity index (χ0n) is 19.2. The maximum absolute atomic E-state index is 13.3. The van der Waals surface area contributed by atoms with Gasteiger partial charge < -0.3 is 10.3 Å². The Bertz CT molecular complexity index is 1410. The molecule has 10 heteroatoms. The number of thioether (sulfide) groups is 1. The number of carbonyl (C=O) groups excluding carboxylic acids is 1. The molecule has 0 spiro atoms. The topological polar surface area (TPSA) is 131 Å². The van der Waals surface area contributed by atoms with Gasteiger partial charge in [-0.1, -0.05) is 43.8 Å². The van der Waals surface area contributed by atoms with Crippen LogP contribution < -0.4 is 10.9 Å². The molecule has 2 N–H and O–H groups in total. The highest BCUT2D eigenvalue weighted by Gasteiger charge is 2.42. The van der Waals surface area contributed by atoms with Crippen molar-refractivity contribution in [3.63, 3.8) is 0 Å². The monoisotopic (exact) mass is 489 g/mol. The molecule has 3 heterocycles. The lowest BCUT2D eigenvalue weighted by molar-refractivity contribution is -0.384. The molecule has 1 atom stereocenters. The van der Waals surface area contributed by atoms with Gasteiger partial charge in [-0.3, -0.25) is 24.7 Å². The lowest BCUT2D eigenvalue weighted by Crippen LogP contribution is -2.37. The van der Waals surface area contributed by atoms with E-state index in [2.05, 4.69) is 29.1 Å². The standard InChI is InChI=1S/C25H23N5O4S/c1-25(2)10-17-20(18(31)11-25)19(15-4-3-9-26-12-15)21-22(27-17)28-24(29-23(21)32)35-13-14-5-7-16(8-6-14)30(33)34/h3-9,12,19H,10-11,13H2,1-2H3,(H2,27,28,29,32)/t19-/m0/s1. The number of anilines is 1. The quantitative estimate of drug-likeness (QED) is 0.231. The van der Waals surface area contributed by atoms with Crippen LogP contribution in [0.5, 0.6) is 0 Å². The fourth-order valence-corrected chi connectivity index (χ4v) is 5.52. The van der Waals surface area contributed by atoms with Crippen molar-refractivity contribution >= 4 is 29.1 Å². The molecular formula is C25H23N5O4S. The van der Waals surface area contributed by atoms with Crippen LogP contribution in [0.1, 0.15) is 49.3 Å². The maximum atomic E-state index is 13.3. The SMILES string of the molecule is CC1(C)CC(=O)C2=C(C1)Nc1nc(SCc3ccc([N+](=O)[O-])cc3)[nH]c(=O)c1[C@H]2c1cccnc1. The number of ketones is 1. The molecule has 1 aromatic carbocycles. The molecule has 0 amide bonds. The third-order valence-electron chi connectivity index (χ3n) is 6.24. The number of H-pyrrole nitrogens is 1. The van der Waals surface area contributed by atoms with Gasteiger partial charge in [0.1, 0.15) is 5.82 Å². The number of nitrogens with zero attached hydrogens (tertiary/aromatic N) is 3. The van der Waals surface area contributed by atoms with E-state index in [1.807, 2.05) is 6.07 Å². The number of nitrogens with one attached hydrogen (secondary N) is 2. The molecule has 2 aliphatic rings. The summed E-state index contributed by atoms with van der Waals surface area (Å²) >= 11 is 1.33. The van der Waals surface area contributed by atoms with Crippen molar-refractivity contribution in [2.75, 3.05) is 5.32 Å². The Labute approximate surface area is 205 Å². The van der Waals surface area contributed by atoms with Crippen molar-refractivity contribution in [1.82, 2.24) is 15.0 Å². The summed E-state index contributed by atoms with van der Waals surface area (Å²) in [6.45, 7) is 4.11. The first-order valence-electron chi connectivity index (χ1n) is 11.2. The van der Waals surface area contributed by atoms with Crippen LogP contribution in [-0.2, 0) is 10.5 Å². The van der Waals surface area contributed by atoms with Gasteiger partial charge in [0.05, 0.1) is 10.5 Å². The number of rotatable bonds is 5. The summed E-state index contributed by atoms with van der Waals surface area (Å²) in [5.74, 6) is 0.409. The number of nitro benzene ring substituents is 1. The number of pyridine rings is 1. The summed E-state index contributed by atoms with van der Waals surface area (Å²) in [6, 6.07) is 9.95. The van der Waals surface area contributed by atoms with Gasteiger partial charge in [0.25, 0.3) is 11.2 Å². The first-order valence-corrected chi connectivity index (χ1v) is 12.1. The second kappa shape index (κ2) is 8.77. The van der Waals surface area contributed by atoms with Crippen molar-refractivity contribution in [1.29, 1.82) is 0 Å². The summed E-state index contributed by atoms with van der Waals surface area (Å²) in [5.41, 5.74) is 2.98. The smallest absolute Gasteiger partial charge is 0.269 e. The number of benzene rings is 1. The Morgan fingerprint density at radius 2 is 1.94 bits per heavy atom. The molecule has 0 saturated heterocycles. The number of allylic oxidation sites excluding steroid dienone is 2. The number of non-ortho nitro benzene ring substituents is 1. The van der Waals surface area contributed by atoms with Gasteiger partial charge in [-0.05, 0) is 29.0 Å². The number of hydrogen-bond donors (Lipinski definition) is 2. The Kier molecular flexibility index (Phi) is 5.76. The molecule has 35 heavy (non-hydrogen) atoms. The van der Waals surface area contributed by atoms with E-state index in [4.69, 9.17) is 4.98 Å². The van der Waals surface area contributed by atoms with Crippen LogP contribution in [0.3, 0.4) is 0 Å². The number of Topliss-reactive ketones (excluding diaryl/α,β-unsaturated/α-hetero) is 1. The second-order valence-corrected chi connectivity index (χ2v) is 10.5. The van der Waals surface area contributed by atoms with E-state index < -0.39 is 10.8 Å². The molecule has 5 rings (SSSR count). The molecule has 2 aromatic heterocycles. The van der Waals surface area contributed by atoms with Crippen molar-refractivity contribution < 1.29 is 9.72 Å². The van der Waals surface area contributed by atoms with Crippen LogP contribution in [0, 0.1) is 15.5 Å². The fourth-order valence-electron chi connectivity index (χ4n) is 4.71. The van der Waals surface area contributed by atoms with Gasteiger partial charge in [-0.15, -0.1) is 0 Å². The summed E-state index contributed by atoms with van der Waals surface area (Å²) in [5, 5.41) is 14.6. The number of hydrogen-bond acceptors (Lipinski definition) is 8. The molecule has 0 unspecified atom stereocenters. The minimum absolute atomic E-state index is 0.0266. The van der Waals surface area contributed by atoms with Gasteiger partial charge in [0, 0.05) is 53.9 Å². The first kappa shape index (κ1) is 23.0. The van der Waals surface area contributed by atoms with Gasteiger partial charge in [0.2, 0.25) is 0 Å². The molecule has 0 fully saturated rings. The van der Waals surface area contributed by atoms with Crippen LogP contribution in [0.4, 0.5) is 11.5 Å². The zero-order valence-corrected chi connectivity index (χ0v) is 20.0.